The van der Waals surface area contributed by atoms with E-state index in [0.29, 0.717) is 6.61 Å². The minimum Gasteiger partial charge on any atom is -0.372 e. The van der Waals surface area contributed by atoms with Gasteiger partial charge in [-0.3, -0.25) is 4.79 Å². The highest BCUT2D eigenvalue weighted by Gasteiger charge is 2.05. The molecule has 4 heteroatoms. The van der Waals surface area contributed by atoms with Crippen LogP contribution in [0.4, 0.5) is 5.69 Å². The predicted molar refractivity (Wildman–Crippen MR) is 73.6 cm³/mol. The molecule has 2 N–H and O–H groups in total. The van der Waals surface area contributed by atoms with Crippen molar-refractivity contribution in [2.45, 2.75) is 26.8 Å². The first kappa shape index (κ1) is 14.7. The molecule has 0 bridgehead atoms. The van der Waals surface area contributed by atoms with Crippen molar-refractivity contribution in [2.75, 3.05) is 25.1 Å². The first-order chi connectivity index (χ1) is 8.77. The van der Waals surface area contributed by atoms with Crippen LogP contribution in [0.5, 0.6) is 0 Å². The maximum atomic E-state index is 11.7. The highest BCUT2D eigenvalue weighted by molar-refractivity contribution is 5.92. The number of carbonyl (C=O) groups is 1. The van der Waals surface area contributed by atoms with Gasteiger partial charge >= 0.3 is 0 Å². The van der Waals surface area contributed by atoms with Gasteiger partial charge in [0.25, 0.3) is 0 Å². The van der Waals surface area contributed by atoms with Crippen LogP contribution in [0.25, 0.3) is 0 Å². The molecule has 0 radical (unpaired) electrons. The minimum atomic E-state index is -0.104. The molecule has 0 aliphatic carbocycles. The molecule has 4 nitrogen and oxygen atoms in total. The summed E-state index contributed by atoms with van der Waals surface area (Å²) in [6, 6.07) is 7.80. The van der Waals surface area contributed by atoms with Gasteiger partial charge < -0.3 is 15.4 Å². The van der Waals surface area contributed by atoms with Crippen LogP contribution in [-0.2, 0) is 16.1 Å². The lowest BCUT2D eigenvalue weighted by molar-refractivity contribution is -0.120. The van der Waals surface area contributed by atoms with Crippen molar-refractivity contribution >= 4 is 11.6 Å². The molecule has 18 heavy (non-hydrogen) atoms. The Bertz CT molecular complexity index is 367. The van der Waals surface area contributed by atoms with Crippen molar-refractivity contribution in [3.05, 3.63) is 29.8 Å². The number of anilines is 1. The quantitative estimate of drug-likeness (QED) is 0.695. The van der Waals surface area contributed by atoms with E-state index >= 15 is 0 Å². The molecule has 0 saturated heterocycles. The molecule has 0 atom stereocenters. The number of rotatable bonds is 8. The van der Waals surface area contributed by atoms with E-state index < -0.39 is 0 Å². The summed E-state index contributed by atoms with van der Waals surface area (Å²) in [5.74, 6) is -0.104. The van der Waals surface area contributed by atoms with Crippen LogP contribution < -0.4 is 10.6 Å². The Morgan fingerprint density at radius 2 is 2.06 bits per heavy atom. The van der Waals surface area contributed by atoms with Crippen LogP contribution in [0, 0.1) is 0 Å². The van der Waals surface area contributed by atoms with Crippen molar-refractivity contribution in [3.63, 3.8) is 0 Å². The highest BCUT2D eigenvalue weighted by Crippen LogP contribution is 2.14. The lowest BCUT2D eigenvalue weighted by atomic mass is 10.1. The summed E-state index contributed by atoms with van der Waals surface area (Å²) in [5, 5.41) is 6.12. The molecule has 0 aromatic heterocycles. The molecule has 1 aromatic rings. The molecule has 0 aliphatic rings. The molecule has 0 aliphatic heterocycles. The van der Waals surface area contributed by atoms with E-state index in [9.17, 15) is 4.79 Å². The number of para-hydroxylation sites is 1. The molecule has 0 fully saturated rings. The SMILES string of the molecule is CCCOCC(=O)Nc1ccccc1CNCC. The lowest BCUT2D eigenvalue weighted by Gasteiger charge is -2.11. The highest BCUT2D eigenvalue weighted by atomic mass is 16.5. The molecule has 0 saturated carbocycles. The predicted octanol–water partition coefficient (Wildman–Crippen LogP) is 2.16. The van der Waals surface area contributed by atoms with Crippen molar-refractivity contribution in [3.8, 4) is 0 Å². The molecule has 0 spiro atoms. The standard InChI is InChI=1S/C14H22N2O2/c1-3-9-18-11-14(17)16-13-8-6-5-7-12(13)10-15-4-2/h5-8,15H,3-4,9-11H2,1-2H3,(H,16,17). The Kier molecular flexibility index (Phi) is 7.06. The van der Waals surface area contributed by atoms with Gasteiger partial charge in [-0.1, -0.05) is 32.0 Å². The average molecular weight is 250 g/mol. The fourth-order valence-corrected chi connectivity index (χ4v) is 1.55. The fraction of sp³-hybridized carbons (Fsp3) is 0.500. The van der Waals surface area contributed by atoms with Gasteiger partial charge in [0, 0.05) is 18.8 Å². The van der Waals surface area contributed by atoms with E-state index in [4.69, 9.17) is 4.74 Å². The molecule has 1 rings (SSSR count). The maximum Gasteiger partial charge on any atom is 0.250 e. The average Bonchev–Trinajstić information content (AvgIpc) is 2.38. The van der Waals surface area contributed by atoms with Gasteiger partial charge in [-0.25, -0.2) is 0 Å². The third-order valence-electron chi connectivity index (χ3n) is 2.44. The second kappa shape index (κ2) is 8.66. The number of ether oxygens (including phenoxy) is 1. The normalized spacial score (nSPS) is 10.3. The molecule has 100 valence electrons. The van der Waals surface area contributed by atoms with E-state index in [2.05, 4.69) is 17.6 Å². The van der Waals surface area contributed by atoms with Crippen LogP contribution >= 0.6 is 0 Å². The van der Waals surface area contributed by atoms with Crippen molar-refractivity contribution in [1.29, 1.82) is 0 Å². The van der Waals surface area contributed by atoms with Crippen LogP contribution in [0.15, 0.2) is 24.3 Å². The van der Waals surface area contributed by atoms with E-state index in [1.165, 1.54) is 0 Å². The summed E-state index contributed by atoms with van der Waals surface area (Å²) in [7, 11) is 0. The van der Waals surface area contributed by atoms with Gasteiger partial charge in [-0.05, 0) is 24.6 Å². The fourth-order valence-electron chi connectivity index (χ4n) is 1.55. The summed E-state index contributed by atoms with van der Waals surface area (Å²) in [6.07, 6.45) is 0.921. The summed E-state index contributed by atoms with van der Waals surface area (Å²) >= 11 is 0. The number of nitrogens with one attached hydrogen (secondary N) is 2. The molecular weight excluding hydrogens is 228 g/mol. The monoisotopic (exact) mass is 250 g/mol. The molecule has 1 aromatic carbocycles. The topological polar surface area (TPSA) is 50.4 Å². The Balaban J connectivity index is 2.51. The zero-order chi connectivity index (χ0) is 13.2. The van der Waals surface area contributed by atoms with E-state index in [1.54, 1.807) is 0 Å². The zero-order valence-corrected chi connectivity index (χ0v) is 11.2. The zero-order valence-electron chi connectivity index (χ0n) is 11.2. The third-order valence-corrected chi connectivity index (χ3v) is 2.44. The third kappa shape index (κ3) is 5.29. The lowest BCUT2D eigenvalue weighted by Crippen LogP contribution is -2.20. The Morgan fingerprint density at radius 1 is 1.28 bits per heavy atom. The van der Waals surface area contributed by atoms with E-state index in [0.717, 1.165) is 30.8 Å². The summed E-state index contributed by atoms with van der Waals surface area (Å²) in [5.41, 5.74) is 1.94. The van der Waals surface area contributed by atoms with Crippen LogP contribution in [0.3, 0.4) is 0 Å². The second-order valence-corrected chi connectivity index (χ2v) is 4.04. The van der Waals surface area contributed by atoms with Crippen LogP contribution in [0.2, 0.25) is 0 Å². The largest absolute Gasteiger partial charge is 0.372 e. The number of benzene rings is 1. The second-order valence-electron chi connectivity index (χ2n) is 4.04. The van der Waals surface area contributed by atoms with E-state index in [1.807, 2.05) is 31.2 Å². The van der Waals surface area contributed by atoms with Gasteiger partial charge in [-0.2, -0.15) is 0 Å². The molecule has 0 unspecified atom stereocenters. The Labute approximate surface area is 109 Å². The summed E-state index contributed by atoms with van der Waals surface area (Å²) in [4.78, 5) is 11.7. The number of amides is 1. The first-order valence-electron chi connectivity index (χ1n) is 6.44. The van der Waals surface area contributed by atoms with Crippen LogP contribution in [-0.4, -0.2) is 25.7 Å². The molecular formula is C14H22N2O2. The number of hydrogen-bond donors (Lipinski definition) is 2. The number of carbonyl (C=O) groups excluding carboxylic acids is 1. The van der Waals surface area contributed by atoms with Gasteiger partial charge in [0.05, 0.1) is 0 Å². The van der Waals surface area contributed by atoms with Crippen LogP contribution in [0.1, 0.15) is 25.8 Å². The van der Waals surface area contributed by atoms with Crippen molar-refractivity contribution < 1.29 is 9.53 Å². The van der Waals surface area contributed by atoms with Gasteiger partial charge in [0.1, 0.15) is 6.61 Å². The van der Waals surface area contributed by atoms with Crippen molar-refractivity contribution in [1.82, 2.24) is 5.32 Å². The van der Waals surface area contributed by atoms with Gasteiger partial charge in [-0.15, -0.1) is 0 Å². The van der Waals surface area contributed by atoms with Gasteiger partial charge in [0.2, 0.25) is 5.91 Å². The summed E-state index contributed by atoms with van der Waals surface area (Å²) < 4.78 is 5.21. The first-order valence-corrected chi connectivity index (χ1v) is 6.44. The minimum absolute atomic E-state index is 0.104. The van der Waals surface area contributed by atoms with Crippen molar-refractivity contribution in [2.24, 2.45) is 0 Å². The smallest absolute Gasteiger partial charge is 0.250 e. The molecule has 1 amide bonds. The van der Waals surface area contributed by atoms with Gasteiger partial charge in [0.15, 0.2) is 0 Å². The summed E-state index contributed by atoms with van der Waals surface area (Å²) in [6.45, 7) is 6.46. The Hall–Kier alpha value is -1.39. The van der Waals surface area contributed by atoms with E-state index in [-0.39, 0.29) is 12.5 Å². The number of hydrogen-bond acceptors (Lipinski definition) is 3. The maximum absolute atomic E-state index is 11.7. The Morgan fingerprint density at radius 3 is 2.78 bits per heavy atom. The molecule has 0 heterocycles.